The topological polar surface area (TPSA) is 92.5 Å². The highest BCUT2D eigenvalue weighted by molar-refractivity contribution is 5.98. The lowest BCUT2D eigenvalue weighted by atomic mass is 10.2. The summed E-state index contributed by atoms with van der Waals surface area (Å²) in [5.41, 5.74) is 5.45. The van der Waals surface area contributed by atoms with Gasteiger partial charge in [0, 0.05) is 11.8 Å². The zero-order chi connectivity index (χ0) is 18.1. The van der Waals surface area contributed by atoms with Crippen molar-refractivity contribution in [1.82, 2.24) is 15.8 Å². The third-order valence-electron chi connectivity index (χ3n) is 3.26. The molecular formula is C18H23N3O4. The molecule has 134 valence electrons. The number of hydrogen-bond acceptors (Lipinski definition) is 4. The molecule has 2 aromatic rings. The summed E-state index contributed by atoms with van der Waals surface area (Å²) in [6, 6.07) is 8.24. The van der Waals surface area contributed by atoms with Crippen LogP contribution in [0, 0.1) is 0 Å². The number of hydrogen-bond donors (Lipinski definition) is 3. The zero-order valence-electron chi connectivity index (χ0n) is 14.4. The maximum Gasteiger partial charge on any atom is 0.286 e. The van der Waals surface area contributed by atoms with Gasteiger partial charge in [-0.15, -0.1) is 0 Å². The molecule has 0 bridgehead atoms. The van der Waals surface area contributed by atoms with Crippen molar-refractivity contribution in [2.75, 3.05) is 13.2 Å². The molecule has 0 radical (unpaired) electrons. The van der Waals surface area contributed by atoms with Gasteiger partial charge in [0.1, 0.15) is 5.69 Å². The van der Waals surface area contributed by atoms with Crippen LogP contribution >= 0.6 is 0 Å². The first-order chi connectivity index (χ1) is 12.2. The predicted octanol–water partition coefficient (Wildman–Crippen LogP) is 2.67. The van der Waals surface area contributed by atoms with E-state index in [1.165, 1.54) is 0 Å². The third kappa shape index (κ3) is 5.27. The molecule has 0 fully saturated rings. The number of ether oxygens (including phenoxy) is 2. The first-order valence-electron chi connectivity index (χ1n) is 8.29. The summed E-state index contributed by atoms with van der Waals surface area (Å²) >= 11 is 0. The summed E-state index contributed by atoms with van der Waals surface area (Å²) in [5.74, 6) is 0.243. The molecule has 1 heterocycles. The second kappa shape index (κ2) is 9.36. The summed E-state index contributed by atoms with van der Waals surface area (Å²) in [6.45, 7) is 5.11. The summed E-state index contributed by atoms with van der Waals surface area (Å²) in [4.78, 5) is 26.8. The van der Waals surface area contributed by atoms with Gasteiger partial charge in [-0.1, -0.05) is 13.8 Å². The number of H-pyrrole nitrogens is 1. The molecule has 0 spiro atoms. The number of nitrogens with one attached hydrogen (secondary N) is 3. The predicted molar refractivity (Wildman–Crippen MR) is 93.7 cm³/mol. The number of aromatic amines is 1. The molecule has 0 aliphatic carbocycles. The lowest BCUT2D eigenvalue weighted by Crippen LogP contribution is -2.41. The van der Waals surface area contributed by atoms with Crippen LogP contribution in [-0.2, 0) is 0 Å². The highest BCUT2D eigenvalue weighted by Gasteiger charge is 2.13. The van der Waals surface area contributed by atoms with E-state index in [2.05, 4.69) is 15.8 Å². The second-order valence-electron chi connectivity index (χ2n) is 5.35. The van der Waals surface area contributed by atoms with Crippen LogP contribution in [0.3, 0.4) is 0 Å². The minimum atomic E-state index is -0.441. The van der Waals surface area contributed by atoms with Crippen LogP contribution in [0.5, 0.6) is 11.5 Å². The summed E-state index contributed by atoms with van der Waals surface area (Å²) in [6.07, 6.45) is 3.35. The van der Waals surface area contributed by atoms with Gasteiger partial charge in [0.05, 0.1) is 13.2 Å². The van der Waals surface area contributed by atoms with E-state index < -0.39 is 11.8 Å². The van der Waals surface area contributed by atoms with Gasteiger partial charge in [0.2, 0.25) is 0 Å². The summed E-state index contributed by atoms with van der Waals surface area (Å²) in [5, 5.41) is 0. The number of hydrazine groups is 1. The minimum absolute atomic E-state index is 0.357. The van der Waals surface area contributed by atoms with Crippen molar-refractivity contribution in [2.24, 2.45) is 0 Å². The maximum atomic E-state index is 12.2. The smallest absolute Gasteiger partial charge is 0.286 e. The fourth-order valence-electron chi connectivity index (χ4n) is 2.03. The highest BCUT2D eigenvalue weighted by atomic mass is 16.5. The van der Waals surface area contributed by atoms with E-state index in [0.29, 0.717) is 36.0 Å². The normalized spacial score (nSPS) is 10.2. The molecule has 0 aliphatic heterocycles. The van der Waals surface area contributed by atoms with Crippen LogP contribution < -0.4 is 20.3 Å². The molecule has 2 rings (SSSR count). The van der Waals surface area contributed by atoms with Crippen molar-refractivity contribution < 1.29 is 19.1 Å². The Bertz CT molecular complexity index is 698. The Morgan fingerprint density at radius 3 is 2.28 bits per heavy atom. The van der Waals surface area contributed by atoms with Gasteiger partial charge < -0.3 is 14.5 Å². The van der Waals surface area contributed by atoms with Crippen LogP contribution in [0.1, 0.15) is 47.5 Å². The number of amides is 2. The van der Waals surface area contributed by atoms with Gasteiger partial charge in [-0.2, -0.15) is 0 Å². The largest absolute Gasteiger partial charge is 0.490 e. The quantitative estimate of drug-likeness (QED) is 0.641. The Hall–Kier alpha value is -2.96. The van der Waals surface area contributed by atoms with E-state index in [4.69, 9.17) is 9.47 Å². The molecule has 0 aliphatic rings. The fourth-order valence-corrected chi connectivity index (χ4v) is 2.03. The molecule has 0 atom stereocenters. The molecular weight excluding hydrogens is 322 g/mol. The van der Waals surface area contributed by atoms with Gasteiger partial charge >= 0.3 is 0 Å². The van der Waals surface area contributed by atoms with E-state index in [-0.39, 0.29) is 0 Å². The Morgan fingerprint density at radius 2 is 1.64 bits per heavy atom. The minimum Gasteiger partial charge on any atom is -0.490 e. The first-order valence-corrected chi connectivity index (χ1v) is 8.29. The van der Waals surface area contributed by atoms with Crippen LogP contribution in [-0.4, -0.2) is 30.0 Å². The Balaban J connectivity index is 2.03. The van der Waals surface area contributed by atoms with E-state index in [1.54, 1.807) is 36.5 Å². The van der Waals surface area contributed by atoms with E-state index in [9.17, 15) is 9.59 Å². The lowest BCUT2D eigenvalue weighted by molar-refractivity contribution is 0.0844. The van der Waals surface area contributed by atoms with E-state index in [1.807, 2.05) is 13.8 Å². The molecule has 25 heavy (non-hydrogen) atoms. The molecule has 2 amide bonds. The van der Waals surface area contributed by atoms with Gasteiger partial charge in [0.15, 0.2) is 11.5 Å². The molecule has 1 aromatic heterocycles. The summed E-state index contributed by atoms with van der Waals surface area (Å²) < 4.78 is 11.3. The van der Waals surface area contributed by atoms with Crippen molar-refractivity contribution in [3.8, 4) is 11.5 Å². The summed E-state index contributed by atoms with van der Waals surface area (Å²) in [7, 11) is 0. The average molecular weight is 345 g/mol. The highest BCUT2D eigenvalue weighted by Crippen LogP contribution is 2.28. The monoisotopic (exact) mass is 345 g/mol. The number of rotatable bonds is 8. The van der Waals surface area contributed by atoms with Crippen molar-refractivity contribution in [1.29, 1.82) is 0 Å². The number of aromatic nitrogens is 1. The van der Waals surface area contributed by atoms with Crippen LogP contribution in [0.4, 0.5) is 0 Å². The molecule has 0 unspecified atom stereocenters. The van der Waals surface area contributed by atoms with Gasteiger partial charge in [-0.3, -0.25) is 20.4 Å². The average Bonchev–Trinajstić information content (AvgIpc) is 3.17. The van der Waals surface area contributed by atoms with Gasteiger partial charge in [-0.25, -0.2) is 0 Å². The maximum absolute atomic E-state index is 12.2. The molecule has 0 saturated heterocycles. The molecule has 0 saturated carbocycles. The third-order valence-corrected chi connectivity index (χ3v) is 3.26. The first kappa shape index (κ1) is 18.4. The van der Waals surface area contributed by atoms with Gasteiger partial charge in [-0.05, 0) is 43.2 Å². The number of carbonyl (C=O) groups is 2. The van der Waals surface area contributed by atoms with Crippen molar-refractivity contribution in [3.63, 3.8) is 0 Å². The van der Waals surface area contributed by atoms with Crippen molar-refractivity contribution >= 4 is 11.8 Å². The lowest BCUT2D eigenvalue weighted by Gasteiger charge is -2.13. The van der Waals surface area contributed by atoms with E-state index >= 15 is 0 Å². The number of benzene rings is 1. The fraction of sp³-hybridized carbons (Fsp3) is 0.333. The van der Waals surface area contributed by atoms with Crippen molar-refractivity contribution in [3.05, 3.63) is 47.8 Å². The molecule has 7 nitrogen and oxygen atoms in total. The molecule has 7 heteroatoms. The Labute approximate surface area is 146 Å². The zero-order valence-corrected chi connectivity index (χ0v) is 14.4. The Kier molecular flexibility index (Phi) is 6.88. The van der Waals surface area contributed by atoms with Crippen LogP contribution in [0.2, 0.25) is 0 Å². The van der Waals surface area contributed by atoms with Gasteiger partial charge in [0.25, 0.3) is 11.8 Å². The van der Waals surface area contributed by atoms with Crippen molar-refractivity contribution in [2.45, 2.75) is 26.7 Å². The molecule has 1 aromatic carbocycles. The van der Waals surface area contributed by atoms with Crippen LogP contribution in [0.15, 0.2) is 36.5 Å². The second-order valence-corrected chi connectivity index (χ2v) is 5.35. The standard InChI is InChI=1S/C18H23N3O4/c1-3-10-24-15-8-7-13(12-16(15)25-11-4-2)17(22)20-21-18(23)14-6-5-9-19-14/h5-9,12,19H,3-4,10-11H2,1-2H3,(H,20,22)(H,21,23). The SMILES string of the molecule is CCCOc1ccc(C(=O)NNC(=O)c2ccc[nH]2)cc1OCCC. The number of carbonyl (C=O) groups excluding carboxylic acids is 2. The van der Waals surface area contributed by atoms with E-state index in [0.717, 1.165) is 12.8 Å². The Morgan fingerprint density at radius 1 is 0.960 bits per heavy atom. The molecule has 3 N–H and O–H groups in total. The van der Waals surface area contributed by atoms with Crippen LogP contribution in [0.25, 0.3) is 0 Å².